The molecule has 2 N–H and O–H groups in total. The number of nitrogens with one attached hydrogen (secondary N) is 1. The van der Waals surface area contributed by atoms with Gasteiger partial charge in [-0.15, -0.1) is 0 Å². The van der Waals surface area contributed by atoms with E-state index in [9.17, 15) is 9.90 Å². The molecule has 2 rings (SSSR count). The molecule has 3 nitrogen and oxygen atoms in total. The second-order valence-corrected chi connectivity index (χ2v) is 3.83. The zero-order valence-corrected chi connectivity index (χ0v) is 13.3. The fourth-order valence-corrected chi connectivity index (χ4v) is 1.86. The number of benzene rings is 1. The second kappa shape index (κ2) is 8.93. The van der Waals surface area contributed by atoms with E-state index in [1.54, 1.807) is 30.3 Å². The van der Waals surface area contributed by atoms with E-state index in [1.807, 2.05) is 33.8 Å². The zero-order valence-electron chi connectivity index (χ0n) is 13.3. The summed E-state index contributed by atoms with van der Waals surface area (Å²) in [5, 5.41) is 13.1. The first-order valence-corrected chi connectivity index (χ1v) is 7.22. The third kappa shape index (κ3) is 3.70. The molecule has 0 aromatic heterocycles. The molecular formula is C18H25NO2. The van der Waals surface area contributed by atoms with Crippen molar-refractivity contribution in [3.05, 3.63) is 72.5 Å². The van der Waals surface area contributed by atoms with Crippen molar-refractivity contribution < 1.29 is 9.90 Å². The van der Waals surface area contributed by atoms with Crippen molar-refractivity contribution in [2.75, 3.05) is 0 Å². The average Bonchev–Trinajstić information content (AvgIpc) is 2.77. The second-order valence-electron chi connectivity index (χ2n) is 3.83. The fourth-order valence-electron chi connectivity index (χ4n) is 1.86. The topological polar surface area (TPSA) is 49.3 Å². The molecule has 0 aliphatic carbocycles. The van der Waals surface area contributed by atoms with Crippen molar-refractivity contribution >= 4 is 5.91 Å². The highest BCUT2D eigenvalue weighted by Crippen LogP contribution is 2.37. The van der Waals surface area contributed by atoms with Crippen LogP contribution in [0.15, 0.2) is 66.9 Å². The average molecular weight is 287 g/mol. The molecule has 1 aliphatic rings. The van der Waals surface area contributed by atoms with Gasteiger partial charge in [-0.2, -0.15) is 0 Å². The summed E-state index contributed by atoms with van der Waals surface area (Å²) in [6.07, 6.45) is 3.15. The van der Waals surface area contributed by atoms with E-state index in [0.717, 1.165) is 0 Å². The van der Waals surface area contributed by atoms with Gasteiger partial charge in [-0.1, -0.05) is 77.3 Å². The fraction of sp³-hybridized carbons (Fsp3) is 0.278. The number of allylic oxidation sites excluding steroid dienone is 2. The number of carbonyl (C=O) groups is 1. The van der Waals surface area contributed by atoms with Crippen molar-refractivity contribution in [3.63, 3.8) is 0 Å². The Hall–Kier alpha value is -2.13. The minimum atomic E-state index is -1.68. The first kappa shape index (κ1) is 18.9. The smallest absolute Gasteiger partial charge is 0.265 e. The molecule has 1 saturated heterocycles. The van der Waals surface area contributed by atoms with Crippen molar-refractivity contribution in [2.24, 2.45) is 0 Å². The molecule has 3 heteroatoms. The Bertz CT molecular complexity index is 517. The van der Waals surface area contributed by atoms with E-state index in [4.69, 9.17) is 0 Å². The molecule has 1 fully saturated rings. The van der Waals surface area contributed by atoms with Gasteiger partial charge in [0.05, 0.1) is 0 Å². The minimum Gasteiger partial charge on any atom is -0.372 e. The molecule has 1 aliphatic heterocycles. The quantitative estimate of drug-likeness (QED) is 0.871. The van der Waals surface area contributed by atoms with Crippen LogP contribution in [0.4, 0.5) is 0 Å². The minimum absolute atomic E-state index is 0.341. The van der Waals surface area contributed by atoms with Gasteiger partial charge in [0.1, 0.15) is 0 Å². The van der Waals surface area contributed by atoms with Crippen molar-refractivity contribution in [1.29, 1.82) is 0 Å². The summed E-state index contributed by atoms with van der Waals surface area (Å²) in [7, 11) is 0. The third-order valence-electron chi connectivity index (χ3n) is 2.81. The molecule has 1 aromatic rings. The van der Waals surface area contributed by atoms with Crippen LogP contribution in [0.3, 0.4) is 0 Å². The van der Waals surface area contributed by atoms with Crippen LogP contribution in [0.5, 0.6) is 0 Å². The maximum Gasteiger partial charge on any atom is 0.265 e. The Morgan fingerprint density at radius 1 is 1.14 bits per heavy atom. The van der Waals surface area contributed by atoms with Crippen LogP contribution in [0.1, 0.15) is 33.3 Å². The molecular weight excluding hydrogens is 262 g/mol. The summed E-state index contributed by atoms with van der Waals surface area (Å²) < 4.78 is 0. The van der Waals surface area contributed by atoms with Crippen LogP contribution >= 0.6 is 0 Å². The maximum atomic E-state index is 11.9. The van der Waals surface area contributed by atoms with E-state index in [1.165, 1.54) is 6.08 Å². The van der Waals surface area contributed by atoms with Gasteiger partial charge in [-0.25, -0.2) is 0 Å². The number of rotatable bonds is 2. The lowest BCUT2D eigenvalue weighted by Gasteiger charge is -2.20. The van der Waals surface area contributed by atoms with E-state index in [2.05, 4.69) is 18.5 Å². The summed E-state index contributed by atoms with van der Waals surface area (Å²) in [4.78, 5) is 11.9. The number of carbonyl (C=O) groups excluding carboxylic acids is 1. The van der Waals surface area contributed by atoms with Gasteiger partial charge in [0, 0.05) is 11.3 Å². The Morgan fingerprint density at radius 2 is 1.67 bits per heavy atom. The lowest BCUT2D eigenvalue weighted by Crippen LogP contribution is -2.35. The first-order chi connectivity index (χ1) is 10.1. The van der Waals surface area contributed by atoms with Crippen LogP contribution in [-0.4, -0.2) is 11.0 Å². The maximum absolute atomic E-state index is 11.9. The Labute approximate surface area is 127 Å². The Kier molecular flexibility index (Phi) is 8.02. The number of aliphatic hydroxyl groups is 1. The molecule has 1 aromatic carbocycles. The van der Waals surface area contributed by atoms with E-state index < -0.39 is 11.5 Å². The summed E-state index contributed by atoms with van der Waals surface area (Å²) in [6.45, 7) is 15.3. The standard InChI is InChI=1S/C14H13NO2.2C2H6/c1-3-7-12-10(2)14(17,13(16)15-12)11-8-5-4-6-9-11;2*1-2/h3-9,17H,1-2H2,(H,15,16);2*1-2H3/b12-7+;;. The Morgan fingerprint density at radius 3 is 2.14 bits per heavy atom. The highest BCUT2D eigenvalue weighted by Gasteiger charge is 2.47. The molecule has 1 amide bonds. The molecule has 0 radical (unpaired) electrons. The van der Waals surface area contributed by atoms with Gasteiger partial charge < -0.3 is 10.4 Å². The molecule has 0 bridgehead atoms. The first-order valence-electron chi connectivity index (χ1n) is 7.22. The van der Waals surface area contributed by atoms with E-state index in [-0.39, 0.29) is 0 Å². The van der Waals surface area contributed by atoms with Crippen LogP contribution in [0.2, 0.25) is 0 Å². The van der Waals surface area contributed by atoms with Gasteiger partial charge >= 0.3 is 0 Å². The Balaban J connectivity index is 0.000000921. The summed E-state index contributed by atoms with van der Waals surface area (Å²) in [5.74, 6) is -0.484. The molecule has 0 spiro atoms. The summed E-state index contributed by atoms with van der Waals surface area (Å²) >= 11 is 0. The van der Waals surface area contributed by atoms with Gasteiger partial charge in [0.25, 0.3) is 5.91 Å². The lowest BCUT2D eigenvalue weighted by atomic mass is 9.88. The summed E-state index contributed by atoms with van der Waals surface area (Å²) in [6, 6.07) is 8.75. The van der Waals surface area contributed by atoms with E-state index in [0.29, 0.717) is 16.8 Å². The van der Waals surface area contributed by atoms with Crippen LogP contribution < -0.4 is 5.32 Å². The van der Waals surface area contributed by atoms with Crippen LogP contribution in [0.25, 0.3) is 0 Å². The van der Waals surface area contributed by atoms with Gasteiger partial charge in [0.15, 0.2) is 5.60 Å². The number of amides is 1. The third-order valence-corrected chi connectivity index (χ3v) is 2.81. The number of hydrogen-bond acceptors (Lipinski definition) is 2. The van der Waals surface area contributed by atoms with Gasteiger partial charge in [0.2, 0.25) is 0 Å². The molecule has 21 heavy (non-hydrogen) atoms. The predicted molar refractivity (Wildman–Crippen MR) is 88.6 cm³/mol. The number of hydrogen-bond donors (Lipinski definition) is 2. The zero-order chi connectivity index (χ0) is 16.5. The van der Waals surface area contributed by atoms with Crippen LogP contribution in [0, 0.1) is 0 Å². The molecule has 114 valence electrons. The lowest BCUT2D eigenvalue weighted by molar-refractivity contribution is -0.133. The normalized spacial score (nSPS) is 21.7. The molecule has 1 unspecified atom stereocenters. The molecule has 1 heterocycles. The van der Waals surface area contributed by atoms with E-state index >= 15 is 0 Å². The van der Waals surface area contributed by atoms with Gasteiger partial charge in [-0.05, 0) is 11.6 Å². The van der Waals surface area contributed by atoms with Crippen molar-refractivity contribution in [3.8, 4) is 0 Å². The highest BCUT2D eigenvalue weighted by molar-refractivity contribution is 5.97. The summed E-state index contributed by atoms with van der Waals surface area (Å²) in [5.41, 5.74) is -0.337. The van der Waals surface area contributed by atoms with Gasteiger partial charge in [-0.3, -0.25) is 4.79 Å². The predicted octanol–water partition coefficient (Wildman–Crippen LogP) is 3.68. The highest BCUT2D eigenvalue weighted by atomic mass is 16.3. The largest absolute Gasteiger partial charge is 0.372 e. The molecule has 0 saturated carbocycles. The van der Waals surface area contributed by atoms with Crippen molar-refractivity contribution in [2.45, 2.75) is 33.3 Å². The molecule has 1 atom stereocenters. The van der Waals surface area contributed by atoms with Crippen LogP contribution in [-0.2, 0) is 10.4 Å². The SMILES string of the molecule is C=C/C=C1/NC(=O)C(O)(c2ccccc2)C1=C.CC.CC. The van der Waals surface area contributed by atoms with Crippen molar-refractivity contribution in [1.82, 2.24) is 5.32 Å². The monoisotopic (exact) mass is 287 g/mol.